The van der Waals surface area contributed by atoms with E-state index in [0.29, 0.717) is 0 Å². The number of hydrogen-bond donors (Lipinski definition) is 2. The maximum Gasteiger partial charge on any atom is 0.421 e. The summed E-state index contributed by atoms with van der Waals surface area (Å²) in [6.07, 6.45) is 0. The van der Waals surface area contributed by atoms with Crippen molar-refractivity contribution >= 4 is 11.4 Å². The van der Waals surface area contributed by atoms with Gasteiger partial charge in [0.2, 0.25) is 11.5 Å². The molecule has 1 aliphatic heterocycles. The fourth-order valence-corrected chi connectivity index (χ4v) is 1.62. The Kier molecular flexibility index (Phi) is 1.26. The van der Waals surface area contributed by atoms with Crippen LogP contribution in [-0.4, -0.2) is 19.0 Å². The number of nitrogens with zero attached hydrogens (tertiary/aromatic N) is 1. The van der Waals surface area contributed by atoms with Crippen LogP contribution in [-0.2, 0) is 18.4 Å². The monoisotopic (exact) mass is 191 g/mol. The number of rotatable bonds is 0. The first-order chi connectivity index (χ1) is 5.61. The quantitative estimate of drug-likeness (QED) is 0.592. The van der Waals surface area contributed by atoms with E-state index in [-0.39, 0.29) is 11.8 Å². The second kappa shape index (κ2) is 2.07. The summed E-state index contributed by atoms with van der Waals surface area (Å²) in [5.41, 5.74) is 0. The Labute approximate surface area is 69.8 Å². The van der Waals surface area contributed by atoms with Gasteiger partial charge in [0.1, 0.15) is 0 Å². The van der Waals surface area contributed by atoms with Crippen molar-refractivity contribution in [3.8, 4) is 23.3 Å². The fourth-order valence-electron chi connectivity index (χ4n) is 0.949. The standard InChI is InChI=1S/C5H5NO5S/c1-6-4-2(7)3(8)5(6)11-12(9)10-4/h7-8H,1H3. The van der Waals surface area contributed by atoms with Crippen LogP contribution in [0.1, 0.15) is 0 Å². The van der Waals surface area contributed by atoms with Gasteiger partial charge in [-0.15, -0.1) is 0 Å². The van der Waals surface area contributed by atoms with Crippen molar-refractivity contribution < 1.29 is 22.8 Å². The van der Waals surface area contributed by atoms with E-state index in [0.717, 1.165) is 0 Å². The average Bonchev–Trinajstić information content (AvgIpc) is 2.21. The van der Waals surface area contributed by atoms with Crippen molar-refractivity contribution in [3.05, 3.63) is 0 Å². The van der Waals surface area contributed by atoms with Gasteiger partial charge >= 0.3 is 11.4 Å². The van der Waals surface area contributed by atoms with Crippen LogP contribution in [0.5, 0.6) is 23.3 Å². The minimum Gasteiger partial charge on any atom is -0.500 e. The Bertz CT molecular complexity index is 325. The van der Waals surface area contributed by atoms with Crippen molar-refractivity contribution in [2.45, 2.75) is 0 Å². The van der Waals surface area contributed by atoms with Crippen LogP contribution in [0.25, 0.3) is 0 Å². The molecule has 0 unspecified atom stereocenters. The lowest BCUT2D eigenvalue weighted by atomic mass is 10.5. The van der Waals surface area contributed by atoms with Crippen LogP contribution in [0.2, 0.25) is 0 Å². The van der Waals surface area contributed by atoms with Gasteiger partial charge in [-0.05, 0) is 0 Å². The summed E-state index contributed by atoms with van der Waals surface area (Å²) in [4.78, 5) is 0. The second-order valence-electron chi connectivity index (χ2n) is 2.24. The van der Waals surface area contributed by atoms with Crippen molar-refractivity contribution in [2.75, 3.05) is 0 Å². The molecule has 1 aromatic heterocycles. The van der Waals surface area contributed by atoms with E-state index < -0.39 is 22.9 Å². The molecule has 66 valence electrons. The molecule has 1 aliphatic rings. The Hall–Kier alpha value is -1.37. The average molecular weight is 191 g/mol. The summed E-state index contributed by atoms with van der Waals surface area (Å²) in [5.74, 6) is -1.05. The zero-order valence-electron chi connectivity index (χ0n) is 5.97. The maximum atomic E-state index is 10.7. The van der Waals surface area contributed by atoms with E-state index in [1.807, 2.05) is 0 Å². The molecule has 6 nitrogen and oxygen atoms in total. The van der Waals surface area contributed by atoms with E-state index in [2.05, 4.69) is 8.37 Å². The summed E-state index contributed by atoms with van der Waals surface area (Å²) in [5, 5.41) is 18.3. The highest BCUT2D eigenvalue weighted by atomic mass is 32.2. The molecule has 7 heteroatoms. The minimum absolute atomic E-state index is 0.0629. The fraction of sp³-hybridized carbons (Fsp3) is 0.200. The number of aromatic hydroxyl groups is 2. The highest BCUT2D eigenvalue weighted by Crippen LogP contribution is 2.48. The first-order valence-electron chi connectivity index (χ1n) is 3.00. The highest BCUT2D eigenvalue weighted by molar-refractivity contribution is 7.76. The molecule has 2 bridgehead atoms. The zero-order chi connectivity index (χ0) is 8.88. The van der Waals surface area contributed by atoms with Gasteiger partial charge in [-0.2, -0.15) is 4.21 Å². The largest absolute Gasteiger partial charge is 0.500 e. The third-order valence-electron chi connectivity index (χ3n) is 1.53. The van der Waals surface area contributed by atoms with E-state index in [9.17, 15) is 4.21 Å². The first kappa shape index (κ1) is 7.29. The van der Waals surface area contributed by atoms with Gasteiger partial charge in [0.25, 0.3) is 11.8 Å². The van der Waals surface area contributed by atoms with Crippen LogP contribution < -0.4 is 8.37 Å². The normalized spacial score (nSPS) is 15.4. The molecule has 0 atom stereocenters. The molecular formula is C5H5NO5S. The molecule has 0 aromatic carbocycles. The molecule has 0 spiro atoms. The molecule has 0 fully saturated rings. The third kappa shape index (κ3) is 0.708. The molecule has 0 amide bonds. The van der Waals surface area contributed by atoms with Gasteiger partial charge in [-0.1, -0.05) is 0 Å². The molecule has 0 saturated heterocycles. The lowest BCUT2D eigenvalue weighted by Crippen LogP contribution is -2.16. The third-order valence-corrected chi connectivity index (χ3v) is 2.12. The predicted octanol–water partition coefficient (Wildman–Crippen LogP) is -0.214. The molecule has 0 saturated carbocycles. The van der Waals surface area contributed by atoms with E-state index in [4.69, 9.17) is 10.2 Å². The van der Waals surface area contributed by atoms with Crippen molar-refractivity contribution in [1.29, 1.82) is 0 Å². The van der Waals surface area contributed by atoms with Crippen LogP contribution >= 0.6 is 0 Å². The van der Waals surface area contributed by atoms with Gasteiger partial charge in [0.15, 0.2) is 0 Å². The first-order valence-corrected chi connectivity index (χ1v) is 4.00. The van der Waals surface area contributed by atoms with E-state index in [1.54, 1.807) is 0 Å². The zero-order valence-corrected chi connectivity index (χ0v) is 6.79. The SMILES string of the molecule is Cn1c2c(O)c(O)c1OS(=O)O2. The minimum atomic E-state index is -1.98. The van der Waals surface area contributed by atoms with Crippen molar-refractivity contribution in [1.82, 2.24) is 4.57 Å². The van der Waals surface area contributed by atoms with Crippen molar-refractivity contribution in [3.63, 3.8) is 0 Å². The Morgan fingerprint density at radius 1 is 1.25 bits per heavy atom. The van der Waals surface area contributed by atoms with Gasteiger partial charge in [-0.3, -0.25) is 4.57 Å². The Balaban J connectivity index is 2.70. The molecule has 0 aliphatic carbocycles. The molecular weight excluding hydrogens is 186 g/mol. The summed E-state index contributed by atoms with van der Waals surface area (Å²) in [6, 6.07) is 0. The molecule has 1 aromatic rings. The van der Waals surface area contributed by atoms with Crippen LogP contribution in [0.15, 0.2) is 0 Å². The van der Waals surface area contributed by atoms with Crippen molar-refractivity contribution in [2.24, 2.45) is 7.05 Å². The molecule has 2 N–H and O–H groups in total. The lowest BCUT2D eigenvalue weighted by molar-refractivity contribution is 0.373. The van der Waals surface area contributed by atoms with E-state index >= 15 is 0 Å². The van der Waals surface area contributed by atoms with Gasteiger partial charge in [0, 0.05) is 7.05 Å². The number of hydrogen-bond acceptors (Lipinski definition) is 5. The summed E-state index contributed by atoms with van der Waals surface area (Å²) < 4.78 is 21.1. The molecule has 12 heavy (non-hydrogen) atoms. The maximum absolute atomic E-state index is 10.7. The van der Waals surface area contributed by atoms with Gasteiger partial charge in [0.05, 0.1) is 0 Å². The number of fused-ring (bicyclic) bond motifs is 2. The highest BCUT2D eigenvalue weighted by Gasteiger charge is 2.31. The second-order valence-corrected chi connectivity index (χ2v) is 2.98. The van der Waals surface area contributed by atoms with Crippen LogP contribution in [0.3, 0.4) is 0 Å². The summed E-state index contributed by atoms with van der Waals surface area (Å²) in [7, 11) is 1.50. The number of aromatic nitrogens is 1. The van der Waals surface area contributed by atoms with Crippen LogP contribution in [0, 0.1) is 0 Å². The Morgan fingerprint density at radius 3 is 2.08 bits per heavy atom. The van der Waals surface area contributed by atoms with Crippen LogP contribution in [0.4, 0.5) is 0 Å². The Morgan fingerprint density at radius 2 is 1.67 bits per heavy atom. The van der Waals surface area contributed by atoms with E-state index in [1.165, 1.54) is 11.6 Å². The summed E-state index contributed by atoms with van der Waals surface area (Å²) in [6.45, 7) is 0. The molecule has 2 heterocycles. The smallest absolute Gasteiger partial charge is 0.421 e. The molecule has 0 radical (unpaired) electrons. The predicted molar refractivity (Wildman–Crippen MR) is 38.1 cm³/mol. The summed E-state index contributed by atoms with van der Waals surface area (Å²) >= 11 is -1.98. The lowest BCUT2D eigenvalue weighted by Gasteiger charge is -2.11. The topological polar surface area (TPSA) is 80.9 Å². The molecule has 2 rings (SSSR count). The van der Waals surface area contributed by atoms with Gasteiger partial charge in [-0.25, -0.2) is 0 Å². The van der Waals surface area contributed by atoms with Gasteiger partial charge < -0.3 is 18.6 Å².